The molecule has 0 amide bonds. The Balaban J connectivity index is 2.47. The van der Waals surface area contributed by atoms with E-state index in [-0.39, 0.29) is 12.6 Å². The van der Waals surface area contributed by atoms with Crippen LogP contribution in [0.5, 0.6) is 0 Å². The van der Waals surface area contributed by atoms with E-state index in [0.29, 0.717) is 19.6 Å². The Morgan fingerprint density at radius 3 is 2.71 bits per heavy atom. The topological polar surface area (TPSA) is 76.0 Å². The Labute approximate surface area is 84.3 Å². The Morgan fingerprint density at radius 2 is 2.14 bits per heavy atom. The van der Waals surface area contributed by atoms with E-state index in [9.17, 15) is 10.2 Å². The molecule has 1 saturated heterocycles. The monoisotopic (exact) mass is 204 g/mol. The number of nitrogens with zero attached hydrogens (tertiary/aromatic N) is 1. The fourth-order valence-electron chi connectivity index (χ4n) is 1.88. The third kappa shape index (κ3) is 2.65. The lowest BCUT2D eigenvalue weighted by atomic mass is 10.1. The second-order valence-electron chi connectivity index (χ2n) is 3.65. The highest BCUT2D eigenvalue weighted by molar-refractivity contribution is 4.94. The van der Waals surface area contributed by atoms with Crippen LogP contribution in [0.2, 0.25) is 0 Å². The minimum atomic E-state index is -0.708. The Hall–Kier alpha value is -0.200. The number of nitrogens with one attached hydrogen (secondary N) is 1. The highest BCUT2D eigenvalue weighted by Gasteiger charge is 2.38. The van der Waals surface area contributed by atoms with Gasteiger partial charge in [-0.25, -0.2) is 0 Å². The predicted molar refractivity (Wildman–Crippen MR) is 53.0 cm³/mol. The molecular formula is C9H20N2O3. The third-order valence-electron chi connectivity index (χ3n) is 2.67. The van der Waals surface area contributed by atoms with Gasteiger partial charge in [0.2, 0.25) is 0 Å². The first-order valence-corrected chi connectivity index (χ1v) is 5.12. The van der Waals surface area contributed by atoms with Gasteiger partial charge in [-0.2, -0.15) is 0 Å². The molecule has 1 fully saturated rings. The van der Waals surface area contributed by atoms with Gasteiger partial charge in [-0.15, -0.1) is 0 Å². The molecule has 4 N–H and O–H groups in total. The van der Waals surface area contributed by atoms with E-state index < -0.39 is 12.2 Å². The van der Waals surface area contributed by atoms with Crippen molar-refractivity contribution in [2.75, 3.05) is 32.8 Å². The van der Waals surface area contributed by atoms with Crippen LogP contribution in [-0.2, 0) is 0 Å². The highest BCUT2D eigenvalue weighted by Crippen LogP contribution is 2.17. The zero-order chi connectivity index (χ0) is 10.6. The Morgan fingerprint density at radius 1 is 1.43 bits per heavy atom. The van der Waals surface area contributed by atoms with Gasteiger partial charge in [0.1, 0.15) is 0 Å². The summed E-state index contributed by atoms with van der Waals surface area (Å²) in [6.45, 7) is 4.49. The SMILES string of the molecule is CCNC[C@@H]1[C@@H](O)[C@@H](O)CN1CCO. The van der Waals surface area contributed by atoms with Crippen molar-refractivity contribution in [2.24, 2.45) is 0 Å². The molecule has 0 aromatic heterocycles. The molecule has 0 radical (unpaired) electrons. The van der Waals surface area contributed by atoms with Gasteiger partial charge in [0.25, 0.3) is 0 Å². The Kier molecular flexibility index (Phi) is 4.77. The number of aliphatic hydroxyl groups excluding tert-OH is 3. The van der Waals surface area contributed by atoms with Crippen molar-refractivity contribution in [3.05, 3.63) is 0 Å². The molecule has 0 bridgehead atoms. The van der Waals surface area contributed by atoms with E-state index in [4.69, 9.17) is 5.11 Å². The van der Waals surface area contributed by atoms with Crippen molar-refractivity contribution < 1.29 is 15.3 Å². The molecule has 1 heterocycles. The maximum Gasteiger partial charge on any atom is 0.0978 e. The number of rotatable bonds is 5. The fourth-order valence-corrected chi connectivity index (χ4v) is 1.88. The molecule has 0 unspecified atom stereocenters. The lowest BCUT2D eigenvalue weighted by molar-refractivity contribution is 0.0371. The quantitative estimate of drug-likeness (QED) is 0.416. The number of likely N-dealkylation sites (tertiary alicyclic amines) is 1. The molecule has 5 heteroatoms. The van der Waals surface area contributed by atoms with Crippen molar-refractivity contribution in [1.29, 1.82) is 0 Å². The first-order chi connectivity index (χ1) is 6.70. The average molecular weight is 204 g/mol. The number of aliphatic hydroxyl groups is 3. The van der Waals surface area contributed by atoms with E-state index in [1.165, 1.54) is 0 Å². The molecule has 1 aliphatic rings. The van der Waals surface area contributed by atoms with Crippen LogP contribution >= 0.6 is 0 Å². The van der Waals surface area contributed by atoms with Gasteiger partial charge in [-0.3, -0.25) is 4.90 Å². The summed E-state index contributed by atoms with van der Waals surface area (Å²) in [6, 6.07) is -0.0860. The summed E-state index contributed by atoms with van der Waals surface area (Å²) in [5, 5.41) is 31.1. The minimum absolute atomic E-state index is 0.0576. The lowest BCUT2D eigenvalue weighted by Gasteiger charge is -2.25. The number of likely N-dealkylation sites (N-methyl/N-ethyl adjacent to an activating group) is 1. The van der Waals surface area contributed by atoms with Crippen LogP contribution in [0.4, 0.5) is 0 Å². The van der Waals surface area contributed by atoms with Crippen molar-refractivity contribution in [3.63, 3.8) is 0 Å². The summed E-state index contributed by atoms with van der Waals surface area (Å²) in [5.74, 6) is 0. The van der Waals surface area contributed by atoms with E-state index in [0.717, 1.165) is 6.54 Å². The second-order valence-corrected chi connectivity index (χ2v) is 3.65. The molecule has 1 aliphatic heterocycles. The first kappa shape index (κ1) is 11.9. The summed E-state index contributed by atoms with van der Waals surface area (Å²) in [5.41, 5.74) is 0. The first-order valence-electron chi connectivity index (χ1n) is 5.12. The standard InChI is InChI=1S/C9H20N2O3/c1-2-10-5-7-9(14)8(13)6-11(7)3-4-12/h7-10,12-14H,2-6H2,1H3/t7-,8+,9-/m1/s1. The molecule has 0 aliphatic carbocycles. The summed E-state index contributed by atoms with van der Waals surface area (Å²) in [6.07, 6.45) is -1.40. The number of hydrogen-bond acceptors (Lipinski definition) is 5. The average Bonchev–Trinajstić information content (AvgIpc) is 2.42. The summed E-state index contributed by atoms with van der Waals surface area (Å²) >= 11 is 0. The van der Waals surface area contributed by atoms with Crippen molar-refractivity contribution in [1.82, 2.24) is 10.2 Å². The van der Waals surface area contributed by atoms with Gasteiger partial charge >= 0.3 is 0 Å². The fraction of sp³-hybridized carbons (Fsp3) is 1.00. The van der Waals surface area contributed by atoms with E-state index in [1.54, 1.807) is 0 Å². The van der Waals surface area contributed by atoms with Crippen molar-refractivity contribution >= 4 is 0 Å². The zero-order valence-electron chi connectivity index (χ0n) is 8.56. The van der Waals surface area contributed by atoms with Crippen LogP contribution in [0.15, 0.2) is 0 Å². The molecule has 3 atom stereocenters. The molecule has 1 rings (SSSR count). The largest absolute Gasteiger partial charge is 0.395 e. The smallest absolute Gasteiger partial charge is 0.0978 e. The normalized spacial score (nSPS) is 33.9. The molecule has 0 aromatic rings. The van der Waals surface area contributed by atoms with Gasteiger partial charge in [0.05, 0.1) is 24.9 Å². The van der Waals surface area contributed by atoms with Crippen molar-refractivity contribution in [3.8, 4) is 0 Å². The molecular weight excluding hydrogens is 184 g/mol. The highest BCUT2D eigenvalue weighted by atomic mass is 16.3. The summed E-state index contributed by atoms with van der Waals surface area (Å²) in [4.78, 5) is 1.91. The van der Waals surface area contributed by atoms with Crippen molar-refractivity contribution in [2.45, 2.75) is 25.2 Å². The van der Waals surface area contributed by atoms with Crippen LogP contribution < -0.4 is 5.32 Å². The summed E-state index contributed by atoms with van der Waals surface area (Å²) in [7, 11) is 0. The molecule has 0 aromatic carbocycles. The van der Waals surface area contributed by atoms with Crippen LogP contribution in [0.3, 0.4) is 0 Å². The van der Waals surface area contributed by atoms with Crippen LogP contribution in [-0.4, -0.2) is 71.3 Å². The van der Waals surface area contributed by atoms with E-state index >= 15 is 0 Å². The van der Waals surface area contributed by atoms with Crippen LogP contribution in [0.1, 0.15) is 6.92 Å². The van der Waals surface area contributed by atoms with Gasteiger partial charge < -0.3 is 20.6 Å². The molecule has 0 spiro atoms. The maximum atomic E-state index is 9.67. The second kappa shape index (κ2) is 5.63. The third-order valence-corrected chi connectivity index (χ3v) is 2.67. The zero-order valence-corrected chi connectivity index (χ0v) is 8.56. The van der Waals surface area contributed by atoms with E-state index in [1.807, 2.05) is 11.8 Å². The number of hydrogen-bond donors (Lipinski definition) is 4. The van der Waals surface area contributed by atoms with Gasteiger partial charge in [-0.05, 0) is 6.54 Å². The molecule has 5 nitrogen and oxygen atoms in total. The molecule has 0 saturated carbocycles. The maximum absolute atomic E-state index is 9.67. The van der Waals surface area contributed by atoms with E-state index in [2.05, 4.69) is 5.32 Å². The summed E-state index contributed by atoms with van der Waals surface area (Å²) < 4.78 is 0. The van der Waals surface area contributed by atoms with Gasteiger partial charge in [0.15, 0.2) is 0 Å². The predicted octanol–water partition coefficient (Wildman–Crippen LogP) is -2.01. The van der Waals surface area contributed by atoms with Gasteiger partial charge in [0, 0.05) is 19.6 Å². The minimum Gasteiger partial charge on any atom is -0.395 e. The van der Waals surface area contributed by atoms with Gasteiger partial charge in [-0.1, -0.05) is 6.92 Å². The Bertz CT molecular complexity index is 168. The van der Waals surface area contributed by atoms with Crippen LogP contribution in [0, 0.1) is 0 Å². The lowest BCUT2D eigenvalue weighted by Crippen LogP contribution is -2.44. The molecule has 14 heavy (non-hydrogen) atoms. The van der Waals surface area contributed by atoms with Crippen LogP contribution in [0.25, 0.3) is 0 Å². The number of β-amino-alcohol motifs (C(OH)–C–C–N with tert-alkyl or cyclic N) is 2. The molecule has 84 valence electrons.